The Balaban J connectivity index is 1.91. The van der Waals surface area contributed by atoms with Crippen molar-refractivity contribution in [2.45, 2.75) is 40.0 Å². The number of hydrogen-bond acceptors (Lipinski definition) is 4. The fourth-order valence-electron chi connectivity index (χ4n) is 3.44. The minimum atomic E-state index is -0.233. The van der Waals surface area contributed by atoms with Crippen LogP contribution >= 0.6 is 0 Å². The van der Waals surface area contributed by atoms with Gasteiger partial charge in [-0.25, -0.2) is 4.98 Å². The topological polar surface area (TPSA) is 63.9 Å². The molecule has 0 bridgehead atoms. The van der Waals surface area contributed by atoms with Gasteiger partial charge in [-0.05, 0) is 44.7 Å². The molecule has 25 heavy (non-hydrogen) atoms. The summed E-state index contributed by atoms with van der Waals surface area (Å²) in [6, 6.07) is 3.93. The number of nitrogens with zero attached hydrogens (tertiary/aromatic N) is 3. The number of esters is 1. The van der Waals surface area contributed by atoms with Crippen LogP contribution in [-0.2, 0) is 16.0 Å². The van der Waals surface area contributed by atoms with E-state index in [1.54, 1.807) is 11.8 Å². The van der Waals surface area contributed by atoms with Crippen molar-refractivity contribution in [3.05, 3.63) is 35.3 Å². The smallest absolute Gasteiger partial charge is 0.310 e. The van der Waals surface area contributed by atoms with Gasteiger partial charge in [0.2, 0.25) is 0 Å². The van der Waals surface area contributed by atoms with Crippen LogP contribution in [0.2, 0.25) is 0 Å². The van der Waals surface area contributed by atoms with Crippen LogP contribution in [0.25, 0.3) is 5.65 Å². The number of carbonyl (C=O) groups excluding carboxylic acids is 2. The van der Waals surface area contributed by atoms with Gasteiger partial charge in [0.15, 0.2) is 0 Å². The van der Waals surface area contributed by atoms with Gasteiger partial charge in [-0.15, -0.1) is 0 Å². The highest BCUT2D eigenvalue weighted by Gasteiger charge is 2.32. The number of likely N-dealkylation sites (tertiary alicyclic amines) is 1. The molecule has 6 heteroatoms. The van der Waals surface area contributed by atoms with Crippen molar-refractivity contribution in [1.29, 1.82) is 0 Å². The van der Waals surface area contributed by atoms with E-state index >= 15 is 0 Å². The highest BCUT2D eigenvalue weighted by Crippen LogP contribution is 2.22. The molecule has 2 aromatic heterocycles. The second kappa shape index (κ2) is 7.25. The fraction of sp³-hybridized carbons (Fsp3) is 0.526. The first kappa shape index (κ1) is 17.5. The summed E-state index contributed by atoms with van der Waals surface area (Å²) in [4.78, 5) is 31.6. The maximum Gasteiger partial charge on any atom is 0.310 e. The number of aryl methyl sites for hydroxylation is 2. The number of aromatic nitrogens is 2. The molecule has 3 heterocycles. The predicted octanol–water partition coefficient (Wildman–Crippen LogP) is 2.62. The Labute approximate surface area is 147 Å². The fourth-order valence-corrected chi connectivity index (χ4v) is 3.44. The van der Waals surface area contributed by atoms with Gasteiger partial charge in [0.05, 0.1) is 18.2 Å². The molecule has 0 aliphatic carbocycles. The number of imidazole rings is 1. The molecule has 3 rings (SSSR count). The van der Waals surface area contributed by atoms with Crippen LogP contribution in [0.1, 0.15) is 48.4 Å². The number of pyridine rings is 1. The lowest BCUT2D eigenvalue weighted by atomic mass is 9.98. The number of rotatable bonds is 4. The Bertz CT molecular complexity index is 797. The second-order valence-electron chi connectivity index (χ2n) is 6.54. The average Bonchev–Trinajstić information content (AvgIpc) is 2.99. The zero-order valence-corrected chi connectivity index (χ0v) is 15.1. The number of fused-ring (bicyclic) bond motifs is 1. The molecule has 134 valence electrons. The first-order valence-electron chi connectivity index (χ1n) is 8.98. The monoisotopic (exact) mass is 343 g/mol. The van der Waals surface area contributed by atoms with Gasteiger partial charge in [-0.1, -0.05) is 13.0 Å². The molecule has 1 saturated heterocycles. The molecule has 1 aliphatic heterocycles. The van der Waals surface area contributed by atoms with Crippen molar-refractivity contribution >= 4 is 17.5 Å². The van der Waals surface area contributed by atoms with Crippen molar-refractivity contribution in [2.75, 3.05) is 19.7 Å². The summed E-state index contributed by atoms with van der Waals surface area (Å²) in [5.74, 6) is -0.489. The summed E-state index contributed by atoms with van der Waals surface area (Å²) in [7, 11) is 0. The maximum absolute atomic E-state index is 13.2. The summed E-state index contributed by atoms with van der Waals surface area (Å²) in [6.45, 7) is 7.25. The molecular formula is C19H25N3O3. The molecule has 0 radical (unpaired) electrons. The summed E-state index contributed by atoms with van der Waals surface area (Å²) in [6.07, 6.45) is 4.22. The van der Waals surface area contributed by atoms with Gasteiger partial charge in [-0.3, -0.25) is 14.0 Å². The second-order valence-corrected chi connectivity index (χ2v) is 6.54. The molecular weight excluding hydrogens is 318 g/mol. The van der Waals surface area contributed by atoms with Crippen LogP contribution in [0, 0.1) is 12.8 Å². The quantitative estimate of drug-likeness (QED) is 0.801. The van der Waals surface area contributed by atoms with Gasteiger partial charge in [0.1, 0.15) is 11.3 Å². The van der Waals surface area contributed by atoms with Crippen LogP contribution in [-0.4, -0.2) is 45.9 Å². The molecule has 0 saturated carbocycles. The molecule has 0 N–H and O–H groups in total. The minimum absolute atomic E-state index is 0.0519. The third kappa shape index (κ3) is 3.38. The number of amides is 1. The van der Waals surface area contributed by atoms with Crippen LogP contribution in [0.4, 0.5) is 0 Å². The molecule has 1 unspecified atom stereocenters. The van der Waals surface area contributed by atoms with E-state index in [2.05, 4.69) is 4.98 Å². The van der Waals surface area contributed by atoms with Gasteiger partial charge >= 0.3 is 5.97 Å². The summed E-state index contributed by atoms with van der Waals surface area (Å²) < 4.78 is 7.02. The van der Waals surface area contributed by atoms with E-state index in [0.29, 0.717) is 31.8 Å². The molecule has 0 spiro atoms. The van der Waals surface area contributed by atoms with Crippen molar-refractivity contribution in [3.8, 4) is 0 Å². The number of ether oxygens (including phenoxy) is 1. The van der Waals surface area contributed by atoms with E-state index in [0.717, 1.165) is 29.7 Å². The van der Waals surface area contributed by atoms with E-state index in [9.17, 15) is 9.59 Å². The average molecular weight is 343 g/mol. The molecule has 0 aromatic carbocycles. The van der Waals surface area contributed by atoms with E-state index in [1.807, 2.05) is 36.6 Å². The number of piperidine rings is 1. The van der Waals surface area contributed by atoms with Crippen molar-refractivity contribution in [1.82, 2.24) is 14.3 Å². The summed E-state index contributed by atoms with van der Waals surface area (Å²) in [5.41, 5.74) is 3.27. The van der Waals surface area contributed by atoms with Gasteiger partial charge in [0.25, 0.3) is 5.91 Å². The van der Waals surface area contributed by atoms with Crippen LogP contribution in [0.3, 0.4) is 0 Å². The number of hydrogen-bond donors (Lipinski definition) is 0. The Hall–Kier alpha value is -2.37. The molecule has 6 nitrogen and oxygen atoms in total. The zero-order chi connectivity index (χ0) is 18.0. The van der Waals surface area contributed by atoms with Crippen molar-refractivity contribution < 1.29 is 14.3 Å². The highest BCUT2D eigenvalue weighted by atomic mass is 16.5. The van der Waals surface area contributed by atoms with E-state index in [1.165, 1.54) is 0 Å². The zero-order valence-electron chi connectivity index (χ0n) is 15.1. The largest absolute Gasteiger partial charge is 0.466 e. The van der Waals surface area contributed by atoms with E-state index in [-0.39, 0.29) is 17.8 Å². The third-order valence-corrected chi connectivity index (χ3v) is 4.70. The first-order valence-corrected chi connectivity index (χ1v) is 8.98. The van der Waals surface area contributed by atoms with Crippen molar-refractivity contribution in [3.63, 3.8) is 0 Å². The van der Waals surface area contributed by atoms with Gasteiger partial charge in [-0.2, -0.15) is 0 Å². The van der Waals surface area contributed by atoms with Crippen LogP contribution < -0.4 is 0 Å². The van der Waals surface area contributed by atoms with Crippen LogP contribution in [0.5, 0.6) is 0 Å². The molecule has 1 atom stereocenters. The van der Waals surface area contributed by atoms with E-state index in [4.69, 9.17) is 4.74 Å². The molecule has 1 fully saturated rings. The normalized spacial score (nSPS) is 17.7. The maximum atomic E-state index is 13.2. The highest BCUT2D eigenvalue weighted by molar-refractivity contribution is 5.95. The standard InChI is InChI=1S/C19H25N3O3/c1-4-15-17(22-11-13(3)8-9-16(22)20-15)18(23)21-10-6-7-14(12-21)19(24)25-5-2/h8-9,11,14H,4-7,10,12H2,1-3H3. The Morgan fingerprint density at radius 1 is 1.32 bits per heavy atom. The predicted molar refractivity (Wildman–Crippen MR) is 94.6 cm³/mol. The van der Waals surface area contributed by atoms with Gasteiger partial charge in [0, 0.05) is 19.3 Å². The Morgan fingerprint density at radius 3 is 2.84 bits per heavy atom. The SMILES string of the molecule is CCOC(=O)C1CCCN(C(=O)c2c(CC)nc3ccc(C)cn23)C1. The number of carbonyl (C=O) groups is 2. The van der Waals surface area contributed by atoms with Gasteiger partial charge < -0.3 is 9.64 Å². The lowest BCUT2D eigenvalue weighted by molar-refractivity contribution is -0.149. The molecule has 1 aliphatic rings. The van der Waals surface area contributed by atoms with Crippen molar-refractivity contribution in [2.24, 2.45) is 5.92 Å². The third-order valence-electron chi connectivity index (χ3n) is 4.70. The lowest BCUT2D eigenvalue weighted by Crippen LogP contribution is -2.43. The minimum Gasteiger partial charge on any atom is -0.466 e. The lowest BCUT2D eigenvalue weighted by Gasteiger charge is -2.31. The first-order chi connectivity index (χ1) is 12.0. The Kier molecular flexibility index (Phi) is 5.06. The summed E-state index contributed by atoms with van der Waals surface area (Å²) >= 11 is 0. The summed E-state index contributed by atoms with van der Waals surface area (Å²) in [5, 5.41) is 0. The van der Waals surface area contributed by atoms with E-state index < -0.39 is 0 Å². The Morgan fingerprint density at radius 2 is 2.12 bits per heavy atom. The van der Waals surface area contributed by atoms with Crippen LogP contribution in [0.15, 0.2) is 18.3 Å². The molecule has 2 aromatic rings. The molecule has 1 amide bonds.